The van der Waals surface area contributed by atoms with E-state index in [1.807, 2.05) is 0 Å². The van der Waals surface area contributed by atoms with Crippen molar-refractivity contribution in [3.63, 3.8) is 0 Å². The quantitative estimate of drug-likeness (QED) is 0.636. The number of anilines is 1. The second-order valence-electron chi connectivity index (χ2n) is 5.26. The third-order valence-electron chi connectivity index (χ3n) is 3.51. The Morgan fingerprint density at radius 3 is 2.67 bits per heavy atom. The number of methoxy groups -OCH3 is 1. The Balaban J connectivity index is 1.72. The van der Waals surface area contributed by atoms with Crippen LogP contribution in [-0.4, -0.2) is 29.0 Å². The highest BCUT2D eigenvalue weighted by Gasteiger charge is 2.09. The minimum Gasteiger partial charge on any atom is -0.465 e. The molecule has 0 unspecified atom stereocenters. The molecule has 7 nitrogen and oxygen atoms in total. The van der Waals surface area contributed by atoms with E-state index in [1.54, 1.807) is 42.5 Å². The van der Waals surface area contributed by atoms with E-state index in [0.29, 0.717) is 22.3 Å². The van der Waals surface area contributed by atoms with Crippen LogP contribution >= 0.6 is 0 Å². The number of imidazole rings is 1. The molecule has 1 heterocycles. The van der Waals surface area contributed by atoms with Crippen molar-refractivity contribution in [2.75, 3.05) is 12.4 Å². The predicted octanol–water partition coefficient (Wildman–Crippen LogP) is 1.82. The molecule has 0 bridgehead atoms. The largest absolute Gasteiger partial charge is 0.465 e. The van der Waals surface area contributed by atoms with Crippen LogP contribution in [0.15, 0.2) is 47.3 Å². The average molecular weight is 325 g/mol. The molecule has 3 aromatic rings. The Morgan fingerprint density at radius 1 is 1.08 bits per heavy atom. The van der Waals surface area contributed by atoms with Gasteiger partial charge in [-0.15, -0.1) is 0 Å². The Bertz CT molecular complexity index is 971. The first-order chi connectivity index (χ1) is 11.5. The van der Waals surface area contributed by atoms with Crippen molar-refractivity contribution in [2.24, 2.45) is 0 Å². The smallest absolute Gasteiger partial charge is 0.337 e. The minimum absolute atomic E-state index is 0.144. The van der Waals surface area contributed by atoms with E-state index in [2.05, 4.69) is 20.0 Å². The summed E-state index contributed by atoms with van der Waals surface area (Å²) in [6, 6.07) is 11.8. The first kappa shape index (κ1) is 15.5. The molecule has 0 saturated carbocycles. The molecule has 0 aliphatic rings. The lowest BCUT2D eigenvalue weighted by Crippen LogP contribution is -2.14. The third-order valence-corrected chi connectivity index (χ3v) is 3.51. The van der Waals surface area contributed by atoms with Crippen LogP contribution in [0, 0.1) is 0 Å². The van der Waals surface area contributed by atoms with Gasteiger partial charge in [0, 0.05) is 5.69 Å². The molecule has 122 valence electrons. The lowest BCUT2D eigenvalue weighted by atomic mass is 10.1. The topological polar surface area (TPSA) is 104 Å². The number of hydrogen-bond acceptors (Lipinski definition) is 4. The molecule has 1 aromatic heterocycles. The van der Waals surface area contributed by atoms with E-state index in [-0.39, 0.29) is 18.0 Å². The van der Waals surface area contributed by atoms with Gasteiger partial charge in [-0.2, -0.15) is 0 Å². The molecule has 1 amide bonds. The van der Waals surface area contributed by atoms with Crippen molar-refractivity contribution < 1.29 is 14.3 Å². The van der Waals surface area contributed by atoms with Crippen molar-refractivity contribution >= 4 is 28.6 Å². The second-order valence-corrected chi connectivity index (χ2v) is 5.26. The molecule has 0 saturated heterocycles. The summed E-state index contributed by atoms with van der Waals surface area (Å²) in [5, 5.41) is 2.74. The summed E-state index contributed by atoms with van der Waals surface area (Å²) in [6.45, 7) is 0. The Labute approximate surface area is 136 Å². The number of aromatic amines is 2. The summed E-state index contributed by atoms with van der Waals surface area (Å²) in [7, 11) is 1.30. The highest BCUT2D eigenvalue weighted by atomic mass is 16.5. The monoisotopic (exact) mass is 325 g/mol. The van der Waals surface area contributed by atoms with Gasteiger partial charge in [0.15, 0.2) is 0 Å². The standard InChI is InChI=1S/C17H15N3O4/c1-24-16(22)11-3-2-4-12(9-11)18-15(21)8-10-5-6-13-14(7-10)20-17(23)19-13/h2-7,9H,8H2,1H3,(H,18,21)(H2,19,20,23). The number of fused-ring (bicyclic) bond motifs is 1. The molecule has 0 spiro atoms. The second kappa shape index (κ2) is 6.41. The molecule has 0 aliphatic heterocycles. The molecular formula is C17H15N3O4. The van der Waals surface area contributed by atoms with E-state index < -0.39 is 5.97 Å². The number of ether oxygens (including phenoxy) is 1. The minimum atomic E-state index is -0.465. The number of aromatic nitrogens is 2. The van der Waals surface area contributed by atoms with Crippen LogP contribution in [0.1, 0.15) is 15.9 Å². The summed E-state index contributed by atoms with van der Waals surface area (Å²) in [5.41, 5.74) is 2.69. The number of carbonyl (C=O) groups is 2. The molecule has 0 atom stereocenters. The van der Waals surface area contributed by atoms with Crippen LogP contribution < -0.4 is 11.0 Å². The summed E-state index contributed by atoms with van der Waals surface area (Å²) in [4.78, 5) is 40.2. The fourth-order valence-corrected chi connectivity index (χ4v) is 2.42. The van der Waals surface area contributed by atoms with Gasteiger partial charge in [-0.1, -0.05) is 12.1 Å². The van der Waals surface area contributed by atoms with Crippen molar-refractivity contribution in [3.05, 3.63) is 64.1 Å². The first-order valence-corrected chi connectivity index (χ1v) is 7.24. The number of esters is 1. The third kappa shape index (κ3) is 3.35. The fraction of sp³-hybridized carbons (Fsp3) is 0.118. The van der Waals surface area contributed by atoms with Gasteiger partial charge in [-0.25, -0.2) is 9.59 Å². The highest BCUT2D eigenvalue weighted by molar-refractivity contribution is 5.95. The lowest BCUT2D eigenvalue weighted by Gasteiger charge is -2.07. The van der Waals surface area contributed by atoms with Crippen LogP contribution in [0.25, 0.3) is 11.0 Å². The number of rotatable bonds is 4. The number of benzene rings is 2. The zero-order valence-corrected chi connectivity index (χ0v) is 12.9. The number of hydrogen-bond donors (Lipinski definition) is 3. The van der Waals surface area contributed by atoms with E-state index >= 15 is 0 Å². The summed E-state index contributed by atoms with van der Waals surface area (Å²) in [5.74, 6) is -0.692. The Kier molecular flexibility index (Phi) is 4.15. The molecule has 0 fully saturated rings. The molecule has 24 heavy (non-hydrogen) atoms. The van der Waals surface area contributed by atoms with Gasteiger partial charge in [0.05, 0.1) is 30.1 Å². The van der Waals surface area contributed by atoms with Gasteiger partial charge in [0.2, 0.25) is 5.91 Å². The Morgan fingerprint density at radius 2 is 1.88 bits per heavy atom. The maximum absolute atomic E-state index is 12.2. The van der Waals surface area contributed by atoms with E-state index in [0.717, 1.165) is 5.56 Å². The van der Waals surface area contributed by atoms with Gasteiger partial charge in [-0.05, 0) is 35.9 Å². The van der Waals surface area contributed by atoms with Crippen LogP contribution in [0.2, 0.25) is 0 Å². The zero-order valence-electron chi connectivity index (χ0n) is 12.9. The lowest BCUT2D eigenvalue weighted by molar-refractivity contribution is -0.115. The molecule has 3 rings (SSSR count). The summed E-state index contributed by atoms with van der Waals surface area (Å²) >= 11 is 0. The number of H-pyrrole nitrogens is 2. The van der Waals surface area contributed by atoms with Crippen LogP contribution in [0.5, 0.6) is 0 Å². The highest BCUT2D eigenvalue weighted by Crippen LogP contribution is 2.14. The van der Waals surface area contributed by atoms with Gasteiger partial charge >= 0.3 is 11.7 Å². The zero-order chi connectivity index (χ0) is 17.1. The Hall–Kier alpha value is -3.35. The predicted molar refractivity (Wildman–Crippen MR) is 89.0 cm³/mol. The summed E-state index contributed by atoms with van der Waals surface area (Å²) < 4.78 is 4.65. The average Bonchev–Trinajstić information content (AvgIpc) is 2.93. The van der Waals surface area contributed by atoms with Gasteiger partial charge in [-0.3, -0.25) is 4.79 Å². The fourth-order valence-electron chi connectivity index (χ4n) is 2.42. The molecule has 2 aromatic carbocycles. The first-order valence-electron chi connectivity index (χ1n) is 7.24. The number of carbonyl (C=O) groups excluding carboxylic acids is 2. The van der Waals surface area contributed by atoms with Crippen molar-refractivity contribution in [1.82, 2.24) is 9.97 Å². The SMILES string of the molecule is COC(=O)c1cccc(NC(=O)Cc2ccc3[nH]c(=O)[nH]c3c2)c1. The summed E-state index contributed by atoms with van der Waals surface area (Å²) in [6.07, 6.45) is 0.144. The van der Waals surface area contributed by atoms with E-state index in [1.165, 1.54) is 7.11 Å². The number of nitrogens with one attached hydrogen (secondary N) is 3. The molecule has 0 radical (unpaired) electrons. The van der Waals surface area contributed by atoms with E-state index in [4.69, 9.17) is 0 Å². The van der Waals surface area contributed by atoms with Crippen LogP contribution in [0.4, 0.5) is 5.69 Å². The van der Waals surface area contributed by atoms with Crippen LogP contribution in [-0.2, 0) is 16.0 Å². The van der Waals surface area contributed by atoms with Gasteiger partial charge < -0.3 is 20.0 Å². The number of amides is 1. The van der Waals surface area contributed by atoms with Crippen molar-refractivity contribution in [3.8, 4) is 0 Å². The molecule has 0 aliphatic carbocycles. The van der Waals surface area contributed by atoms with Crippen molar-refractivity contribution in [2.45, 2.75) is 6.42 Å². The maximum Gasteiger partial charge on any atom is 0.337 e. The van der Waals surface area contributed by atoms with Crippen molar-refractivity contribution in [1.29, 1.82) is 0 Å². The van der Waals surface area contributed by atoms with Gasteiger partial charge in [0.1, 0.15) is 0 Å². The molecule has 7 heteroatoms. The maximum atomic E-state index is 12.2. The molecule has 3 N–H and O–H groups in total. The normalized spacial score (nSPS) is 10.5. The van der Waals surface area contributed by atoms with Gasteiger partial charge in [0.25, 0.3) is 0 Å². The van der Waals surface area contributed by atoms with Crippen LogP contribution in [0.3, 0.4) is 0 Å². The van der Waals surface area contributed by atoms with E-state index in [9.17, 15) is 14.4 Å². The molecular weight excluding hydrogens is 310 g/mol.